The van der Waals surface area contributed by atoms with E-state index in [0.717, 1.165) is 47.1 Å². The molecule has 6 heteroatoms. The van der Waals surface area contributed by atoms with E-state index in [-0.39, 0.29) is 17.7 Å². The van der Waals surface area contributed by atoms with Gasteiger partial charge in [0.1, 0.15) is 11.5 Å². The highest BCUT2D eigenvalue weighted by Crippen LogP contribution is 2.51. The second-order valence-corrected chi connectivity index (χ2v) is 6.41. The fraction of sp³-hybridized carbons (Fsp3) is 0.474. The Bertz CT molecular complexity index is 797. The molecular weight excluding hydrogens is 318 g/mol. The van der Waals surface area contributed by atoms with Gasteiger partial charge in [0.15, 0.2) is 0 Å². The Morgan fingerprint density at radius 3 is 2.68 bits per heavy atom. The van der Waals surface area contributed by atoms with Crippen LogP contribution in [0.3, 0.4) is 0 Å². The zero-order valence-corrected chi connectivity index (χ0v) is 15.4. The molecule has 134 valence electrons. The van der Waals surface area contributed by atoms with Gasteiger partial charge >= 0.3 is 0 Å². The molecule has 0 aliphatic heterocycles. The molecule has 25 heavy (non-hydrogen) atoms. The van der Waals surface area contributed by atoms with Gasteiger partial charge in [-0.3, -0.25) is 9.48 Å². The lowest BCUT2D eigenvalue weighted by Gasteiger charge is -2.10. The summed E-state index contributed by atoms with van der Waals surface area (Å²) in [6, 6.07) is 5.72. The number of methoxy groups -OCH3 is 2. The zero-order valence-electron chi connectivity index (χ0n) is 15.4. The highest BCUT2D eigenvalue weighted by atomic mass is 16.5. The van der Waals surface area contributed by atoms with Crippen molar-refractivity contribution < 1.29 is 14.3 Å². The number of nitrogens with one attached hydrogen (secondary N) is 1. The van der Waals surface area contributed by atoms with Crippen LogP contribution >= 0.6 is 0 Å². The average molecular weight is 343 g/mol. The highest BCUT2D eigenvalue weighted by Gasteiger charge is 2.45. The fourth-order valence-electron chi connectivity index (χ4n) is 3.36. The van der Waals surface area contributed by atoms with E-state index in [9.17, 15) is 4.79 Å². The number of anilines is 1. The van der Waals surface area contributed by atoms with Gasteiger partial charge in [0.2, 0.25) is 5.91 Å². The molecule has 0 spiro atoms. The number of benzene rings is 1. The maximum atomic E-state index is 12.7. The minimum atomic E-state index is -0.0511. The lowest BCUT2D eigenvalue weighted by atomic mass is 10.1. The van der Waals surface area contributed by atoms with Crippen molar-refractivity contribution in [1.29, 1.82) is 0 Å². The summed E-state index contributed by atoms with van der Waals surface area (Å²) in [6.45, 7) is 6.73. The molecule has 1 fully saturated rings. The van der Waals surface area contributed by atoms with E-state index >= 15 is 0 Å². The van der Waals surface area contributed by atoms with Crippen LogP contribution in [0.2, 0.25) is 0 Å². The number of aryl methyl sites for hydroxylation is 2. The van der Waals surface area contributed by atoms with Gasteiger partial charge in [0.05, 0.1) is 31.3 Å². The quantitative estimate of drug-likeness (QED) is 0.874. The molecule has 0 radical (unpaired) electrons. The third kappa shape index (κ3) is 3.21. The molecule has 1 aromatic heterocycles. The first kappa shape index (κ1) is 17.3. The van der Waals surface area contributed by atoms with Gasteiger partial charge in [0.25, 0.3) is 0 Å². The number of hydrogen-bond donors (Lipinski definition) is 1. The predicted molar refractivity (Wildman–Crippen MR) is 96.4 cm³/mol. The molecule has 6 nitrogen and oxygen atoms in total. The third-order valence-corrected chi connectivity index (χ3v) is 4.89. The minimum Gasteiger partial charge on any atom is -0.497 e. The lowest BCUT2D eigenvalue weighted by Crippen LogP contribution is -2.16. The minimum absolute atomic E-state index is 0.0386. The summed E-state index contributed by atoms with van der Waals surface area (Å²) < 4.78 is 12.7. The molecule has 1 aromatic carbocycles. The van der Waals surface area contributed by atoms with Crippen LogP contribution in [-0.4, -0.2) is 29.9 Å². The Labute approximate surface area is 148 Å². The van der Waals surface area contributed by atoms with Crippen molar-refractivity contribution in [1.82, 2.24) is 9.78 Å². The summed E-state index contributed by atoms with van der Waals surface area (Å²) in [4.78, 5) is 12.7. The van der Waals surface area contributed by atoms with E-state index in [2.05, 4.69) is 10.4 Å². The van der Waals surface area contributed by atoms with Crippen molar-refractivity contribution in [3.63, 3.8) is 0 Å². The molecule has 3 rings (SSSR count). The lowest BCUT2D eigenvalue weighted by molar-refractivity contribution is -0.117. The van der Waals surface area contributed by atoms with Crippen LogP contribution in [0.5, 0.6) is 11.5 Å². The molecule has 0 bridgehead atoms. The van der Waals surface area contributed by atoms with Gasteiger partial charge in [-0.1, -0.05) is 0 Å². The fourth-order valence-corrected chi connectivity index (χ4v) is 3.36. The van der Waals surface area contributed by atoms with Crippen molar-refractivity contribution in [2.45, 2.75) is 39.7 Å². The molecule has 1 heterocycles. The van der Waals surface area contributed by atoms with Crippen LogP contribution in [0.15, 0.2) is 18.2 Å². The third-order valence-electron chi connectivity index (χ3n) is 4.89. The number of ether oxygens (including phenoxy) is 2. The second kappa shape index (κ2) is 6.78. The van der Waals surface area contributed by atoms with Gasteiger partial charge in [-0.2, -0.15) is 5.10 Å². The Hall–Kier alpha value is -2.50. The van der Waals surface area contributed by atoms with E-state index in [1.165, 1.54) is 0 Å². The highest BCUT2D eigenvalue weighted by molar-refractivity contribution is 5.96. The molecule has 1 aliphatic carbocycles. The number of carbonyl (C=O) groups excluding carboxylic acids is 1. The second-order valence-electron chi connectivity index (χ2n) is 6.41. The van der Waals surface area contributed by atoms with Crippen molar-refractivity contribution in [2.75, 3.05) is 19.5 Å². The maximum Gasteiger partial charge on any atom is 0.228 e. The Balaban J connectivity index is 1.76. The summed E-state index contributed by atoms with van der Waals surface area (Å²) >= 11 is 0. The average Bonchev–Trinajstić information content (AvgIpc) is 3.38. The normalized spacial score (nSPS) is 18.8. The smallest absolute Gasteiger partial charge is 0.228 e. The number of nitrogens with zero attached hydrogens (tertiary/aromatic N) is 2. The van der Waals surface area contributed by atoms with Crippen molar-refractivity contribution in [2.24, 2.45) is 5.92 Å². The maximum absolute atomic E-state index is 12.7. The molecule has 0 saturated heterocycles. The Morgan fingerprint density at radius 1 is 1.32 bits per heavy atom. The SMILES string of the molecule is CCn1nc(C)c(NC(=O)[C@H]2C[C@H]2c2cc(OC)ccc2OC)c1C. The molecule has 1 aliphatic rings. The summed E-state index contributed by atoms with van der Waals surface area (Å²) in [6.07, 6.45) is 0.815. The van der Waals surface area contributed by atoms with E-state index < -0.39 is 0 Å². The molecule has 1 N–H and O–H groups in total. The summed E-state index contributed by atoms with van der Waals surface area (Å²) in [5.74, 6) is 1.72. The largest absolute Gasteiger partial charge is 0.497 e. The number of aromatic nitrogens is 2. The van der Waals surface area contributed by atoms with Crippen LogP contribution in [0.4, 0.5) is 5.69 Å². The van der Waals surface area contributed by atoms with Crippen LogP contribution in [0.25, 0.3) is 0 Å². The van der Waals surface area contributed by atoms with Gasteiger partial charge in [-0.25, -0.2) is 0 Å². The van der Waals surface area contributed by atoms with Gasteiger partial charge in [-0.05, 0) is 45.4 Å². The van der Waals surface area contributed by atoms with Crippen LogP contribution < -0.4 is 14.8 Å². The predicted octanol–water partition coefficient (Wildman–Crippen LogP) is 3.28. The number of amides is 1. The van der Waals surface area contributed by atoms with Crippen LogP contribution in [-0.2, 0) is 11.3 Å². The number of carbonyl (C=O) groups is 1. The molecule has 2 atom stereocenters. The standard InChI is InChI=1S/C19H25N3O3/c1-6-22-12(3)18(11(2)21-22)20-19(23)16-10-14(16)15-9-13(24-4)7-8-17(15)25-5/h7-9,14,16H,6,10H2,1-5H3,(H,20,23)/t14-,16-/m0/s1. The first-order chi connectivity index (χ1) is 12.0. The Kier molecular flexibility index (Phi) is 4.70. The zero-order chi connectivity index (χ0) is 18.1. The van der Waals surface area contributed by atoms with Crippen molar-refractivity contribution in [3.8, 4) is 11.5 Å². The molecule has 1 amide bonds. The van der Waals surface area contributed by atoms with E-state index in [4.69, 9.17) is 9.47 Å². The van der Waals surface area contributed by atoms with Gasteiger partial charge in [-0.15, -0.1) is 0 Å². The summed E-state index contributed by atoms with van der Waals surface area (Å²) in [7, 11) is 3.29. The van der Waals surface area contributed by atoms with E-state index in [0.29, 0.717) is 0 Å². The molecule has 1 saturated carbocycles. The summed E-state index contributed by atoms with van der Waals surface area (Å²) in [5.41, 5.74) is 3.70. The van der Waals surface area contributed by atoms with Crippen molar-refractivity contribution in [3.05, 3.63) is 35.2 Å². The number of hydrogen-bond acceptors (Lipinski definition) is 4. The van der Waals surface area contributed by atoms with E-state index in [1.54, 1.807) is 14.2 Å². The first-order valence-electron chi connectivity index (χ1n) is 8.56. The molecule has 0 unspecified atom stereocenters. The van der Waals surface area contributed by atoms with Crippen LogP contribution in [0.1, 0.15) is 36.2 Å². The first-order valence-corrected chi connectivity index (χ1v) is 8.56. The van der Waals surface area contributed by atoms with Crippen molar-refractivity contribution >= 4 is 11.6 Å². The van der Waals surface area contributed by atoms with Gasteiger partial charge < -0.3 is 14.8 Å². The van der Waals surface area contributed by atoms with E-state index in [1.807, 2.05) is 43.7 Å². The summed E-state index contributed by atoms with van der Waals surface area (Å²) in [5, 5.41) is 7.52. The topological polar surface area (TPSA) is 65.4 Å². The number of rotatable bonds is 6. The molecular formula is C19H25N3O3. The monoisotopic (exact) mass is 343 g/mol. The van der Waals surface area contributed by atoms with Gasteiger partial charge in [0, 0.05) is 23.9 Å². The molecule has 2 aromatic rings. The van der Waals surface area contributed by atoms with Crippen LogP contribution in [0, 0.1) is 19.8 Å². The Morgan fingerprint density at radius 2 is 2.08 bits per heavy atom.